The number of fused-ring (bicyclic) bond motifs is 1. The lowest BCUT2D eigenvalue weighted by Crippen LogP contribution is -2.15. The van der Waals surface area contributed by atoms with Crippen LogP contribution in [0.15, 0.2) is 18.2 Å². The molecular formula is C13H16N2O. The molecule has 1 fully saturated rings. The van der Waals surface area contributed by atoms with E-state index in [9.17, 15) is 4.79 Å². The fraction of sp³-hybridized carbons (Fsp3) is 0.462. The van der Waals surface area contributed by atoms with Gasteiger partial charge in [0.25, 0.3) is 0 Å². The standard InChI is InChI=1S/C13H16N2O/c1-15-7-10-3-2-4-12(11(10)8-15)14-13(16)9-5-6-9/h2-4,9H,5-8H2,1H3,(H,14,16). The molecule has 2 aliphatic rings. The number of carbonyl (C=O) groups excluding carboxylic acids is 1. The second-order valence-electron chi connectivity index (χ2n) is 4.88. The number of nitrogens with one attached hydrogen (secondary N) is 1. The van der Waals surface area contributed by atoms with E-state index in [1.54, 1.807) is 0 Å². The largest absolute Gasteiger partial charge is 0.326 e. The Labute approximate surface area is 95.4 Å². The maximum Gasteiger partial charge on any atom is 0.227 e. The number of rotatable bonds is 2. The molecule has 1 amide bonds. The molecule has 1 aromatic rings. The van der Waals surface area contributed by atoms with Crippen LogP contribution in [0.5, 0.6) is 0 Å². The normalized spacial score (nSPS) is 19.6. The molecule has 3 heteroatoms. The second-order valence-corrected chi connectivity index (χ2v) is 4.88. The van der Waals surface area contributed by atoms with E-state index in [2.05, 4.69) is 23.3 Å². The van der Waals surface area contributed by atoms with Crippen LogP contribution in [0.4, 0.5) is 5.69 Å². The van der Waals surface area contributed by atoms with Crippen molar-refractivity contribution in [1.82, 2.24) is 4.90 Å². The van der Waals surface area contributed by atoms with Crippen LogP contribution in [0.3, 0.4) is 0 Å². The van der Waals surface area contributed by atoms with Gasteiger partial charge in [0.05, 0.1) is 0 Å². The zero-order valence-electron chi connectivity index (χ0n) is 9.49. The second kappa shape index (κ2) is 3.59. The lowest BCUT2D eigenvalue weighted by Gasteiger charge is -2.09. The van der Waals surface area contributed by atoms with Crippen molar-refractivity contribution >= 4 is 11.6 Å². The highest BCUT2D eigenvalue weighted by Gasteiger charge is 2.30. The molecule has 16 heavy (non-hydrogen) atoms. The summed E-state index contributed by atoms with van der Waals surface area (Å²) in [5.41, 5.74) is 3.65. The van der Waals surface area contributed by atoms with Crippen molar-refractivity contribution in [3.63, 3.8) is 0 Å². The lowest BCUT2D eigenvalue weighted by molar-refractivity contribution is -0.117. The maximum atomic E-state index is 11.7. The molecule has 3 nitrogen and oxygen atoms in total. The molecule has 0 saturated heterocycles. The number of hydrogen-bond donors (Lipinski definition) is 1. The first-order valence-corrected chi connectivity index (χ1v) is 5.84. The zero-order valence-corrected chi connectivity index (χ0v) is 9.49. The van der Waals surface area contributed by atoms with Crippen molar-refractivity contribution in [3.05, 3.63) is 29.3 Å². The van der Waals surface area contributed by atoms with Crippen LogP contribution in [-0.4, -0.2) is 17.9 Å². The van der Waals surface area contributed by atoms with E-state index in [0.29, 0.717) is 0 Å². The average Bonchev–Trinajstić information content (AvgIpc) is 3.01. The molecule has 1 saturated carbocycles. The van der Waals surface area contributed by atoms with E-state index in [4.69, 9.17) is 0 Å². The third kappa shape index (κ3) is 1.71. The Morgan fingerprint density at radius 2 is 2.19 bits per heavy atom. The van der Waals surface area contributed by atoms with Gasteiger partial charge in [0, 0.05) is 24.7 Å². The highest BCUT2D eigenvalue weighted by atomic mass is 16.2. The molecule has 0 atom stereocenters. The number of anilines is 1. The minimum Gasteiger partial charge on any atom is -0.326 e. The zero-order chi connectivity index (χ0) is 11.1. The molecule has 0 unspecified atom stereocenters. The Kier molecular flexibility index (Phi) is 2.21. The van der Waals surface area contributed by atoms with Gasteiger partial charge in [0.1, 0.15) is 0 Å². The molecule has 1 aromatic carbocycles. The Morgan fingerprint density at radius 1 is 1.38 bits per heavy atom. The Morgan fingerprint density at radius 3 is 2.94 bits per heavy atom. The third-order valence-electron chi connectivity index (χ3n) is 3.35. The van der Waals surface area contributed by atoms with Crippen molar-refractivity contribution in [2.45, 2.75) is 25.9 Å². The molecule has 1 aliphatic heterocycles. The summed E-state index contributed by atoms with van der Waals surface area (Å²) in [5.74, 6) is 0.470. The number of benzene rings is 1. The fourth-order valence-electron chi connectivity index (χ4n) is 2.28. The quantitative estimate of drug-likeness (QED) is 0.819. The predicted octanol–water partition coefficient (Wildman–Crippen LogP) is 1.98. The van der Waals surface area contributed by atoms with Gasteiger partial charge in [-0.1, -0.05) is 12.1 Å². The molecule has 1 N–H and O–H groups in total. The van der Waals surface area contributed by atoms with Crippen molar-refractivity contribution < 1.29 is 4.79 Å². The Balaban J connectivity index is 1.84. The first-order chi connectivity index (χ1) is 7.74. The van der Waals surface area contributed by atoms with Gasteiger partial charge in [0.2, 0.25) is 5.91 Å². The minimum atomic E-state index is 0.197. The van der Waals surface area contributed by atoms with Gasteiger partial charge in [-0.15, -0.1) is 0 Å². The van der Waals surface area contributed by atoms with Gasteiger partial charge in [-0.25, -0.2) is 0 Å². The Bertz CT molecular complexity index is 438. The van der Waals surface area contributed by atoms with E-state index >= 15 is 0 Å². The van der Waals surface area contributed by atoms with Crippen molar-refractivity contribution in [2.75, 3.05) is 12.4 Å². The number of amides is 1. The molecular weight excluding hydrogens is 200 g/mol. The summed E-state index contributed by atoms with van der Waals surface area (Å²) in [5, 5.41) is 3.06. The summed E-state index contributed by atoms with van der Waals surface area (Å²) in [6.45, 7) is 1.93. The topological polar surface area (TPSA) is 32.3 Å². The van der Waals surface area contributed by atoms with Crippen LogP contribution >= 0.6 is 0 Å². The number of carbonyl (C=O) groups is 1. The van der Waals surface area contributed by atoms with E-state index in [-0.39, 0.29) is 11.8 Å². The average molecular weight is 216 g/mol. The summed E-state index contributed by atoms with van der Waals surface area (Å²) in [7, 11) is 2.10. The van der Waals surface area contributed by atoms with Gasteiger partial charge in [-0.2, -0.15) is 0 Å². The van der Waals surface area contributed by atoms with E-state index < -0.39 is 0 Å². The van der Waals surface area contributed by atoms with Gasteiger partial charge < -0.3 is 5.32 Å². The Hall–Kier alpha value is -1.35. The fourth-order valence-corrected chi connectivity index (χ4v) is 2.28. The van der Waals surface area contributed by atoms with Crippen LogP contribution in [0.1, 0.15) is 24.0 Å². The summed E-state index contributed by atoms with van der Waals surface area (Å²) in [6.07, 6.45) is 2.11. The third-order valence-corrected chi connectivity index (χ3v) is 3.35. The van der Waals surface area contributed by atoms with Crippen LogP contribution in [0, 0.1) is 5.92 Å². The molecule has 1 aliphatic carbocycles. The van der Waals surface area contributed by atoms with Crippen LogP contribution < -0.4 is 5.32 Å². The first-order valence-electron chi connectivity index (χ1n) is 5.84. The van der Waals surface area contributed by atoms with Gasteiger partial charge in [-0.3, -0.25) is 9.69 Å². The van der Waals surface area contributed by atoms with E-state index in [0.717, 1.165) is 31.6 Å². The molecule has 3 rings (SSSR count). The van der Waals surface area contributed by atoms with Gasteiger partial charge in [0.15, 0.2) is 0 Å². The molecule has 1 heterocycles. The van der Waals surface area contributed by atoms with Gasteiger partial charge >= 0.3 is 0 Å². The number of hydrogen-bond acceptors (Lipinski definition) is 2. The summed E-state index contributed by atoms with van der Waals surface area (Å²) < 4.78 is 0. The van der Waals surface area contributed by atoms with Crippen LogP contribution in [0.2, 0.25) is 0 Å². The smallest absolute Gasteiger partial charge is 0.227 e. The molecule has 0 spiro atoms. The molecule has 84 valence electrons. The summed E-state index contributed by atoms with van der Waals surface area (Å²) in [4.78, 5) is 14.0. The highest BCUT2D eigenvalue weighted by Crippen LogP contribution is 2.33. The highest BCUT2D eigenvalue weighted by molar-refractivity contribution is 5.94. The number of nitrogens with zero attached hydrogens (tertiary/aromatic N) is 1. The molecule has 0 aromatic heterocycles. The van der Waals surface area contributed by atoms with Crippen LogP contribution in [-0.2, 0) is 17.9 Å². The minimum absolute atomic E-state index is 0.197. The van der Waals surface area contributed by atoms with Crippen molar-refractivity contribution in [1.29, 1.82) is 0 Å². The maximum absolute atomic E-state index is 11.7. The monoisotopic (exact) mass is 216 g/mol. The van der Waals surface area contributed by atoms with Gasteiger partial charge in [-0.05, 0) is 37.1 Å². The molecule has 0 bridgehead atoms. The summed E-state index contributed by atoms with van der Waals surface area (Å²) in [6, 6.07) is 6.18. The first kappa shape index (κ1) is 9.85. The van der Waals surface area contributed by atoms with E-state index in [1.807, 2.05) is 12.1 Å². The van der Waals surface area contributed by atoms with Crippen molar-refractivity contribution in [3.8, 4) is 0 Å². The predicted molar refractivity (Wildman–Crippen MR) is 63.0 cm³/mol. The van der Waals surface area contributed by atoms with Crippen molar-refractivity contribution in [2.24, 2.45) is 5.92 Å². The lowest BCUT2D eigenvalue weighted by atomic mass is 10.1. The summed E-state index contributed by atoms with van der Waals surface area (Å²) >= 11 is 0. The van der Waals surface area contributed by atoms with Crippen LogP contribution in [0.25, 0.3) is 0 Å². The van der Waals surface area contributed by atoms with E-state index in [1.165, 1.54) is 11.1 Å². The SMILES string of the molecule is CN1Cc2cccc(NC(=O)C3CC3)c2C1. The molecule has 0 radical (unpaired) electrons.